The van der Waals surface area contributed by atoms with E-state index in [1.54, 1.807) is 0 Å². The lowest BCUT2D eigenvalue weighted by atomic mass is 9.91. The Hall–Kier alpha value is -1.84. The number of rotatable bonds is 2. The van der Waals surface area contributed by atoms with Gasteiger partial charge >= 0.3 is 0 Å². The first-order chi connectivity index (χ1) is 11.8. The van der Waals surface area contributed by atoms with Crippen LogP contribution in [-0.2, 0) is 11.2 Å². The smallest absolute Gasteiger partial charge is 0.228 e. The molecule has 0 radical (unpaired) electrons. The second-order valence-corrected chi connectivity index (χ2v) is 7.56. The summed E-state index contributed by atoms with van der Waals surface area (Å²) in [7, 11) is 0. The van der Waals surface area contributed by atoms with Gasteiger partial charge in [-0.15, -0.1) is 12.4 Å². The average molecular weight is 355 g/mol. The van der Waals surface area contributed by atoms with Gasteiger partial charge in [-0.1, -0.05) is 30.3 Å². The van der Waals surface area contributed by atoms with E-state index < -0.39 is 0 Å². The van der Waals surface area contributed by atoms with E-state index in [4.69, 9.17) is 0 Å². The lowest BCUT2D eigenvalue weighted by Crippen LogP contribution is -2.31. The molecule has 1 heterocycles. The van der Waals surface area contributed by atoms with Gasteiger partial charge < -0.3 is 10.6 Å². The molecule has 1 saturated carbocycles. The molecule has 1 saturated heterocycles. The lowest BCUT2D eigenvalue weighted by molar-refractivity contribution is -0.118. The molecule has 2 fully saturated rings. The Morgan fingerprint density at radius 1 is 1.04 bits per heavy atom. The summed E-state index contributed by atoms with van der Waals surface area (Å²) in [6, 6.07) is 14.9. The Morgan fingerprint density at radius 3 is 2.64 bits per heavy atom. The molecule has 25 heavy (non-hydrogen) atoms. The van der Waals surface area contributed by atoms with Gasteiger partial charge in [-0.05, 0) is 78.6 Å². The molecular formula is C21H23ClN2O. The molecule has 0 aromatic heterocycles. The minimum absolute atomic E-state index is 0. The number of amides is 1. The fourth-order valence-corrected chi connectivity index (χ4v) is 4.65. The minimum atomic E-state index is 0. The maximum Gasteiger partial charge on any atom is 0.228 e. The highest BCUT2D eigenvalue weighted by molar-refractivity contribution is 5.95. The predicted molar refractivity (Wildman–Crippen MR) is 103 cm³/mol. The van der Waals surface area contributed by atoms with Crippen LogP contribution in [0.15, 0.2) is 42.5 Å². The van der Waals surface area contributed by atoms with Gasteiger partial charge in [0.05, 0.1) is 0 Å². The summed E-state index contributed by atoms with van der Waals surface area (Å²) >= 11 is 0. The molecule has 2 aliphatic carbocycles. The van der Waals surface area contributed by atoms with Crippen LogP contribution in [0.2, 0.25) is 0 Å². The molecular weight excluding hydrogens is 332 g/mol. The summed E-state index contributed by atoms with van der Waals surface area (Å²) in [5.74, 6) is 0.428. The molecule has 1 atom stereocenters. The maximum absolute atomic E-state index is 12.6. The number of nitrogens with one attached hydrogen (secondary N) is 2. The number of benzene rings is 2. The summed E-state index contributed by atoms with van der Waals surface area (Å²) in [6.07, 6.45) is 4.32. The summed E-state index contributed by atoms with van der Waals surface area (Å²) in [6.45, 7) is 2.11. The number of fused-ring (bicyclic) bond motifs is 3. The van der Waals surface area contributed by atoms with E-state index in [0.29, 0.717) is 5.41 Å². The molecule has 130 valence electrons. The van der Waals surface area contributed by atoms with E-state index in [9.17, 15) is 4.79 Å². The van der Waals surface area contributed by atoms with E-state index in [1.165, 1.54) is 22.3 Å². The van der Waals surface area contributed by atoms with E-state index in [-0.39, 0.29) is 24.2 Å². The molecule has 5 rings (SSSR count). The van der Waals surface area contributed by atoms with Crippen molar-refractivity contribution in [3.63, 3.8) is 0 Å². The number of halogens is 1. The van der Waals surface area contributed by atoms with Crippen molar-refractivity contribution in [2.75, 3.05) is 18.4 Å². The van der Waals surface area contributed by atoms with Crippen LogP contribution in [0.4, 0.5) is 5.69 Å². The fraction of sp³-hybridized carbons (Fsp3) is 0.381. The number of anilines is 1. The zero-order valence-corrected chi connectivity index (χ0v) is 15.0. The third-order valence-corrected chi connectivity index (χ3v) is 6.17. The Labute approximate surface area is 154 Å². The highest BCUT2D eigenvalue weighted by Crippen LogP contribution is 2.58. The van der Waals surface area contributed by atoms with Gasteiger partial charge in [0.1, 0.15) is 0 Å². The molecule has 3 aliphatic rings. The summed E-state index contributed by atoms with van der Waals surface area (Å²) in [4.78, 5) is 12.6. The minimum Gasteiger partial charge on any atom is -0.326 e. The van der Waals surface area contributed by atoms with E-state index >= 15 is 0 Å². The van der Waals surface area contributed by atoms with E-state index in [2.05, 4.69) is 53.1 Å². The molecule has 4 heteroatoms. The highest BCUT2D eigenvalue weighted by Gasteiger charge is 2.57. The SMILES string of the molecule is Cl.O=C(Nc1ccc2c(c1)Cc1ccccc1-2)C1CC12CCNCC2. The first kappa shape index (κ1) is 16.6. The van der Waals surface area contributed by atoms with Crippen LogP contribution in [0.5, 0.6) is 0 Å². The number of carbonyl (C=O) groups is 1. The van der Waals surface area contributed by atoms with Crippen LogP contribution in [0.25, 0.3) is 11.1 Å². The monoisotopic (exact) mass is 354 g/mol. The number of piperidine rings is 1. The normalized spacial score (nSPS) is 21.8. The lowest BCUT2D eigenvalue weighted by Gasteiger charge is -2.23. The van der Waals surface area contributed by atoms with E-state index in [0.717, 1.165) is 44.5 Å². The van der Waals surface area contributed by atoms with Crippen molar-refractivity contribution < 1.29 is 4.79 Å². The van der Waals surface area contributed by atoms with Gasteiger partial charge in [0.2, 0.25) is 5.91 Å². The molecule has 1 unspecified atom stereocenters. The van der Waals surface area contributed by atoms with Crippen LogP contribution in [0.1, 0.15) is 30.4 Å². The average Bonchev–Trinajstić information content (AvgIpc) is 3.16. The second kappa shape index (κ2) is 6.15. The van der Waals surface area contributed by atoms with Crippen LogP contribution in [0, 0.1) is 11.3 Å². The van der Waals surface area contributed by atoms with Crippen LogP contribution in [-0.4, -0.2) is 19.0 Å². The summed E-state index contributed by atoms with van der Waals surface area (Å²) < 4.78 is 0. The van der Waals surface area contributed by atoms with Gasteiger partial charge in [-0.2, -0.15) is 0 Å². The quantitative estimate of drug-likeness (QED) is 0.730. The van der Waals surface area contributed by atoms with Crippen molar-refractivity contribution in [3.05, 3.63) is 53.6 Å². The number of hydrogen-bond donors (Lipinski definition) is 2. The van der Waals surface area contributed by atoms with E-state index in [1.807, 2.05) is 0 Å². The van der Waals surface area contributed by atoms with Crippen molar-refractivity contribution in [1.29, 1.82) is 0 Å². The first-order valence-electron chi connectivity index (χ1n) is 8.98. The van der Waals surface area contributed by atoms with Crippen molar-refractivity contribution in [3.8, 4) is 11.1 Å². The molecule has 2 aromatic carbocycles. The number of hydrogen-bond acceptors (Lipinski definition) is 2. The van der Waals surface area contributed by atoms with Crippen LogP contribution >= 0.6 is 12.4 Å². The molecule has 2 N–H and O–H groups in total. The maximum atomic E-state index is 12.6. The Bertz CT molecular complexity index is 826. The zero-order chi connectivity index (χ0) is 16.1. The van der Waals surface area contributed by atoms with Crippen molar-refractivity contribution >= 4 is 24.0 Å². The van der Waals surface area contributed by atoms with Gasteiger partial charge in [0.15, 0.2) is 0 Å². The van der Waals surface area contributed by atoms with Crippen molar-refractivity contribution in [2.24, 2.45) is 11.3 Å². The van der Waals surface area contributed by atoms with Gasteiger partial charge in [-0.25, -0.2) is 0 Å². The Balaban J connectivity index is 0.00000157. The highest BCUT2D eigenvalue weighted by atomic mass is 35.5. The third kappa shape index (κ3) is 2.76. The van der Waals surface area contributed by atoms with Crippen LogP contribution < -0.4 is 10.6 Å². The van der Waals surface area contributed by atoms with Crippen molar-refractivity contribution in [1.82, 2.24) is 5.32 Å². The Kier molecular flexibility index (Phi) is 4.09. The van der Waals surface area contributed by atoms with Crippen LogP contribution in [0.3, 0.4) is 0 Å². The fourth-order valence-electron chi connectivity index (χ4n) is 4.65. The summed E-state index contributed by atoms with van der Waals surface area (Å²) in [5.41, 5.74) is 6.59. The predicted octanol–water partition coefficient (Wildman–Crippen LogP) is 4.01. The molecule has 1 aliphatic heterocycles. The molecule has 3 nitrogen and oxygen atoms in total. The molecule has 2 aromatic rings. The largest absolute Gasteiger partial charge is 0.326 e. The molecule has 1 spiro atoms. The zero-order valence-electron chi connectivity index (χ0n) is 14.2. The Morgan fingerprint density at radius 2 is 1.80 bits per heavy atom. The van der Waals surface area contributed by atoms with Gasteiger partial charge in [0.25, 0.3) is 0 Å². The first-order valence-corrected chi connectivity index (χ1v) is 8.98. The number of carbonyl (C=O) groups excluding carboxylic acids is 1. The van der Waals surface area contributed by atoms with Gasteiger partial charge in [-0.3, -0.25) is 4.79 Å². The summed E-state index contributed by atoms with van der Waals surface area (Å²) in [5, 5.41) is 6.57. The molecule has 0 bridgehead atoms. The standard InChI is InChI=1S/C21H22N2O.ClH/c24-20(19-13-21(19)7-9-22-10-8-21)23-16-5-6-18-15(12-16)11-14-3-1-2-4-17(14)18;/h1-6,12,19,22H,7-11,13H2,(H,23,24);1H. The second-order valence-electron chi connectivity index (χ2n) is 7.56. The third-order valence-electron chi connectivity index (χ3n) is 6.17. The van der Waals surface area contributed by atoms with Crippen molar-refractivity contribution in [2.45, 2.75) is 25.7 Å². The molecule has 1 amide bonds. The topological polar surface area (TPSA) is 41.1 Å². The van der Waals surface area contributed by atoms with Gasteiger partial charge in [0, 0.05) is 11.6 Å².